The largest absolute Gasteiger partial charge is 0.325 e. The predicted octanol–water partition coefficient (Wildman–Crippen LogP) is 2.76. The summed E-state index contributed by atoms with van der Waals surface area (Å²) >= 11 is 1.59. The van der Waals surface area contributed by atoms with Crippen LogP contribution in [0.3, 0.4) is 0 Å². The van der Waals surface area contributed by atoms with E-state index in [2.05, 4.69) is 20.7 Å². The van der Waals surface area contributed by atoms with Crippen LogP contribution in [-0.2, 0) is 4.79 Å². The van der Waals surface area contributed by atoms with Crippen LogP contribution in [0.15, 0.2) is 35.7 Å². The monoisotopic (exact) mass is 272 g/mol. The second-order valence-electron chi connectivity index (χ2n) is 4.25. The van der Waals surface area contributed by atoms with Crippen molar-refractivity contribution in [1.82, 2.24) is 15.4 Å². The van der Waals surface area contributed by atoms with E-state index in [0.29, 0.717) is 0 Å². The van der Waals surface area contributed by atoms with Crippen LogP contribution in [0.5, 0.6) is 0 Å². The fraction of sp³-hybridized carbons (Fsp3) is 0.154. The summed E-state index contributed by atoms with van der Waals surface area (Å²) in [5.74, 6) is -0.182. The first kappa shape index (κ1) is 11.9. The zero-order valence-corrected chi connectivity index (χ0v) is 11.1. The Morgan fingerprint density at radius 2 is 2.16 bits per heavy atom. The van der Waals surface area contributed by atoms with Gasteiger partial charge in [-0.25, -0.2) is 0 Å². The van der Waals surface area contributed by atoms with Gasteiger partial charge in [0.2, 0.25) is 5.91 Å². The maximum atomic E-state index is 12.1. The van der Waals surface area contributed by atoms with Crippen molar-refractivity contribution in [3.05, 3.63) is 40.6 Å². The van der Waals surface area contributed by atoms with Crippen molar-refractivity contribution in [2.75, 3.05) is 5.32 Å². The number of fused-ring (bicyclic) bond motifs is 1. The van der Waals surface area contributed by atoms with Crippen molar-refractivity contribution in [3.8, 4) is 0 Å². The molecule has 6 heteroatoms. The Hall–Kier alpha value is -2.21. The molecule has 0 fully saturated rings. The Kier molecular flexibility index (Phi) is 3.00. The Labute approximate surface area is 113 Å². The van der Waals surface area contributed by atoms with Gasteiger partial charge in [0, 0.05) is 10.6 Å². The van der Waals surface area contributed by atoms with E-state index >= 15 is 0 Å². The molecular formula is C13H12N4OS. The van der Waals surface area contributed by atoms with Crippen LogP contribution >= 0.6 is 11.3 Å². The summed E-state index contributed by atoms with van der Waals surface area (Å²) in [7, 11) is 0. The van der Waals surface area contributed by atoms with Gasteiger partial charge in [0.25, 0.3) is 0 Å². The Bertz CT molecular complexity index is 704. The first-order valence-electron chi connectivity index (χ1n) is 5.89. The van der Waals surface area contributed by atoms with E-state index in [4.69, 9.17) is 0 Å². The topological polar surface area (TPSA) is 70.7 Å². The number of benzene rings is 1. The molecule has 1 aromatic carbocycles. The minimum atomic E-state index is -0.159. The summed E-state index contributed by atoms with van der Waals surface area (Å²) in [4.78, 5) is 13.2. The predicted molar refractivity (Wildman–Crippen MR) is 75.3 cm³/mol. The molecule has 3 aromatic rings. The number of carbonyl (C=O) groups excluding carboxylic acids is 1. The van der Waals surface area contributed by atoms with Gasteiger partial charge in [-0.05, 0) is 36.6 Å². The van der Waals surface area contributed by atoms with Crippen LogP contribution in [0.2, 0.25) is 0 Å². The summed E-state index contributed by atoms with van der Waals surface area (Å²) in [5.41, 5.74) is 2.25. The zero-order chi connectivity index (χ0) is 13.2. The number of carbonyl (C=O) groups is 1. The van der Waals surface area contributed by atoms with E-state index in [1.54, 1.807) is 17.4 Å². The van der Waals surface area contributed by atoms with Gasteiger partial charge in [0.15, 0.2) is 0 Å². The number of aromatic nitrogens is 3. The normalized spacial score (nSPS) is 12.5. The minimum absolute atomic E-state index is 0.0229. The average molecular weight is 272 g/mol. The molecule has 1 atom stereocenters. The highest BCUT2D eigenvalue weighted by Crippen LogP contribution is 2.23. The second kappa shape index (κ2) is 4.81. The highest BCUT2D eigenvalue weighted by molar-refractivity contribution is 7.10. The van der Waals surface area contributed by atoms with Crippen LogP contribution in [0, 0.1) is 0 Å². The quantitative estimate of drug-likeness (QED) is 0.770. The summed E-state index contributed by atoms with van der Waals surface area (Å²) in [6.45, 7) is 1.90. The Morgan fingerprint density at radius 1 is 1.32 bits per heavy atom. The third-order valence-electron chi connectivity index (χ3n) is 2.95. The lowest BCUT2D eigenvalue weighted by Crippen LogP contribution is -2.18. The lowest BCUT2D eigenvalue weighted by Gasteiger charge is -2.10. The molecule has 5 nitrogen and oxygen atoms in total. The first-order valence-corrected chi connectivity index (χ1v) is 6.77. The molecule has 1 amide bonds. The number of hydrogen-bond donors (Lipinski definition) is 2. The van der Waals surface area contributed by atoms with E-state index in [9.17, 15) is 4.79 Å². The maximum absolute atomic E-state index is 12.1. The van der Waals surface area contributed by atoms with Crippen molar-refractivity contribution >= 4 is 34.0 Å². The van der Waals surface area contributed by atoms with Gasteiger partial charge < -0.3 is 5.32 Å². The SMILES string of the molecule is CC(C(=O)Nc1ccc2n[nH]nc2c1)c1cccs1. The van der Waals surface area contributed by atoms with E-state index < -0.39 is 0 Å². The lowest BCUT2D eigenvalue weighted by atomic mass is 10.1. The molecule has 1 unspecified atom stereocenters. The second-order valence-corrected chi connectivity index (χ2v) is 5.23. The maximum Gasteiger partial charge on any atom is 0.232 e. The number of aromatic amines is 1. The molecular weight excluding hydrogens is 260 g/mol. The molecule has 96 valence electrons. The summed E-state index contributed by atoms with van der Waals surface area (Å²) in [6.07, 6.45) is 0. The van der Waals surface area contributed by atoms with Gasteiger partial charge in [0.1, 0.15) is 11.0 Å². The molecule has 2 N–H and O–H groups in total. The van der Waals surface area contributed by atoms with Crippen LogP contribution in [-0.4, -0.2) is 21.3 Å². The first-order chi connectivity index (χ1) is 9.24. The third kappa shape index (κ3) is 2.34. The van der Waals surface area contributed by atoms with E-state index in [0.717, 1.165) is 21.6 Å². The van der Waals surface area contributed by atoms with Crippen molar-refractivity contribution in [2.45, 2.75) is 12.8 Å². The van der Waals surface area contributed by atoms with Gasteiger partial charge in [0.05, 0.1) is 5.92 Å². The Balaban J connectivity index is 1.78. The zero-order valence-electron chi connectivity index (χ0n) is 10.3. The summed E-state index contributed by atoms with van der Waals surface area (Å²) < 4.78 is 0. The lowest BCUT2D eigenvalue weighted by molar-refractivity contribution is -0.117. The number of anilines is 1. The molecule has 2 heterocycles. The van der Waals surface area contributed by atoms with Crippen molar-refractivity contribution < 1.29 is 4.79 Å². The van der Waals surface area contributed by atoms with E-state index in [1.165, 1.54) is 0 Å². The fourth-order valence-corrected chi connectivity index (χ4v) is 2.62. The highest BCUT2D eigenvalue weighted by Gasteiger charge is 2.16. The van der Waals surface area contributed by atoms with Gasteiger partial charge in [-0.1, -0.05) is 6.07 Å². The van der Waals surface area contributed by atoms with E-state index in [-0.39, 0.29) is 11.8 Å². The number of hydrogen-bond acceptors (Lipinski definition) is 4. The van der Waals surface area contributed by atoms with Gasteiger partial charge >= 0.3 is 0 Å². The average Bonchev–Trinajstić information content (AvgIpc) is 3.08. The third-order valence-corrected chi connectivity index (χ3v) is 4.00. The van der Waals surface area contributed by atoms with Crippen LogP contribution < -0.4 is 5.32 Å². The number of amides is 1. The highest BCUT2D eigenvalue weighted by atomic mass is 32.1. The van der Waals surface area contributed by atoms with Gasteiger partial charge in [-0.2, -0.15) is 15.4 Å². The molecule has 0 saturated heterocycles. The molecule has 0 aliphatic heterocycles. The van der Waals surface area contributed by atoms with Crippen LogP contribution in [0.25, 0.3) is 11.0 Å². The van der Waals surface area contributed by atoms with Crippen molar-refractivity contribution in [1.29, 1.82) is 0 Å². The standard InChI is InChI=1S/C13H12N4OS/c1-8(12-3-2-6-19-12)13(18)14-9-4-5-10-11(7-9)16-17-15-10/h2-8H,1H3,(H,14,18)(H,15,16,17). The molecule has 0 saturated carbocycles. The molecule has 2 aromatic heterocycles. The van der Waals surface area contributed by atoms with Crippen molar-refractivity contribution in [3.63, 3.8) is 0 Å². The number of rotatable bonds is 3. The molecule has 0 aliphatic carbocycles. The number of nitrogens with one attached hydrogen (secondary N) is 2. The molecule has 0 spiro atoms. The molecule has 0 bridgehead atoms. The molecule has 3 rings (SSSR count). The number of nitrogens with zero attached hydrogens (tertiary/aromatic N) is 2. The molecule has 19 heavy (non-hydrogen) atoms. The van der Waals surface area contributed by atoms with Crippen molar-refractivity contribution in [2.24, 2.45) is 0 Å². The summed E-state index contributed by atoms with van der Waals surface area (Å²) in [5, 5.41) is 15.4. The smallest absolute Gasteiger partial charge is 0.232 e. The van der Waals surface area contributed by atoms with E-state index in [1.807, 2.05) is 36.6 Å². The number of thiophene rings is 1. The van der Waals surface area contributed by atoms with Crippen LogP contribution in [0.1, 0.15) is 17.7 Å². The van der Waals surface area contributed by atoms with Crippen LogP contribution in [0.4, 0.5) is 5.69 Å². The fourth-order valence-electron chi connectivity index (χ4n) is 1.84. The number of H-pyrrole nitrogens is 1. The minimum Gasteiger partial charge on any atom is -0.325 e. The van der Waals surface area contributed by atoms with Gasteiger partial charge in [-0.15, -0.1) is 11.3 Å². The Morgan fingerprint density at radius 3 is 2.95 bits per heavy atom. The van der Waals surface area contributed by atoms with Gasteiger partial charge in [-0.3, -0.25) is 4.79 Å². The summed E-state index contributed by atoms with van der Waals surface area (Å²) in [6, 6.07) is 9.37. The molecule has 0 aliphatic rings. The molecule has 0 radical (unpaired) electrons.